The first-order chi connectivity index (χ1) is 8.66. The van der Waals surface area contributed by atoms with E-state index in [9.17, 15) is 10.1 Å². The highest BCUT2D eigenvalue weighted by Crippen LogP contribution is 2.26. The van der Waals surface area contributed by atoms with Crippen LogP contribution in [-0.4, -0.2) is 36.0 Å². The number of anilines is 1. The van der Waals surface area contributed by atoms with Crippen molar-refractivity contribution in [2.45, 2.75) is 12.8 Å². The van der Waals surface area contributed by atoms with E-state index < -0.39 is 0 Å². The Morgan fingerprint density at radius 3 is 2.78 bits per heavy atom. The summed E-state index contributed by atoms with van der Waals surface area (Å²) in [6, 6.07) is 5.26. The van der Waals surface area contributed by atoms with Crippen LogP contribution in [0.2, 0.25) is 0 Å². The van der Waals surface area contributed by atoms with E-state index in [0.717, 1.165) is 29.7 Å². The molecular formula is C12H16IN3O2. The third-order valence-electron chi connectivity index (χ3n) is 3.10. The van der Waals surface area contributed by atoms with Crippen molar-refractivity contribution in [1.82, 2.24) is 4.90 Å². The van der Waals surface area contributed by atoms with E-state index >= 15 is 0 Å². The smallest absolute Gasteiger partial charge is 0.293 e. The molecule has 98 valence electrons. The zero-order valence-electron chi connectivity index (χ0n) is 10.1. The van der Waals surface area contributed by atoms with Gasteiger partial charge in [0.2, 0.25) is 0 Å². The minimum atomic E-state index is -0.333. The summed E-state index contributed by atoms with van der Waals surface area (Å²) in [5.41, 5.74) is 0.767. The van der Waals surface area contributed by atoms with Crippen LogP contribution in [0.5, 0.6) is 0 Å². The number of hydrogen-bond acceptors (Lipinski definition) is 4. The SMILES string of the molecule is O=[N+]([O-])c1cc(I)ccc1NCCN1CCCC1. The van der Waals surface area contributed by atoms with Crippen molar-refractivity contribution in [2.24, 2.45) is 0 Å². The summed E-state index contributed by atoms with van der Waals surface area (Å²) in [4.78, 5) is 13.0. The standard InChI is InChI=1S/C12H16IN3O2/c13-10-3-4-11(12(9-10)16(17)18)14-5-8-15-6-1-2-7-15/h3-4,9,14H,1-2,5-8H2. The van der Waals surface area contributed by atoms with Crippen LogP contribution in [0, 0.1) is 13.7 Å². The fourth-order valence-corrected chi connectivity index (χ4v) is 2.64. The summed E-state index contributed by atoms with van der Waals surface area (Å²) < 4.78 is 0.879. The predicted molar refractivity (Wildman–Crippen MR) is 80.0 cm³/mol. The molecule has 0 amide bonds. The zero-order chi connectivity index (χ0) is 13.0. The summed E-state index contributed by atoms with van der Waals surface area (Å²) in [7, 11) is 0. The van der Waals surface area contributed by atoms with Crippen molar-refractivity contribution in [1.29, 1.82) is 0 Å². The molecule has 0 bridgehead atoms. The first-order valence-corrected chi connectivity index (χ1v) is 7.15. The average molecular weight is 361 g/mol. The molecule has 1 heterocycles. The van der Waals surface area contributed by atoms with Crippen LogP contribution < -0.4 is 5.32 Å². The van der Waals surface area contributed by atoms with Gasteiger partial charge < -0.3 is 10.2 Å². The van der Waals surface area contributed by atoms with Gasteiger partial charge in [0.25, 0.3) is 5.69 Å². The van der Waals surface area contributed by atoms with E-state index in [4.69, 9.17) is 0 Å². The van der Waals surface area contributed by atoms with Crippen LogP contribution in [0.25, 0.3) is 0 Å². The van der Waals surface area contributed by atoms with Gasteiger partial charge in [0.15, 0.2) is 0 Å². The number of nitro benzene ring substituents is 1. The molecule has 0 spiro atoms. The number of nitro groups is 1. The van der Waals surface area contributed by atoms with Gasteiger partial charge in [-0.1, -0.05) is 0 Å². The van der Waals surface area contributed by atoms with Crippen LogP contribution in [0.1, 0.15) is 12.8 Å². The maximum Gasteiger partial charge on any atom is 0.293 e. The van der Waals surface area contributed by atoms with E-state index in [1.165, 1.54) is 12.8 Å². The molecule has 0 unspecified atom stereocenters. The molecule has 0 radical (unpaired) electrons. The minimum Gasteiger partial charge on any atom is -0.378 e. The summed E-state index contributed by atoms with van der Waals surface area (Å²) in [6.07, 6.45) is 2.54. The molecule has 1 saturated heterocycles. The highest BCUT2D eigenvalue weighted by atomic mass is 127. The van der Waals surface area contributed by atoms with Crippen molar-refractivity contribution in [2.75, 3.05) is 31.5 Å². The quantitative estimate of drug-likeness (QED) is 0.498. The maximum atomic E-state index is 10.9. The Balaban J connectivity index is 1.93. The molecule has 0 saturated carbocycles. The Hall–Kier alpha value is -0.890. The third kappa shape index (κ3) is 3.55. The van der Waals surface area contributed by atoms with Crippen LogP contribution in [0.3, 0.4) is 0 Å². The minimum absolute atomic E-state index is 0.156. The molecule has 1 aromatic rings. The number of nitrogens with one attached hydrogen (secondary N) is 1. The molecule has 5 nitrogen and oxygen atoms in total. The summed E-state index contributed by atoms with van der Waals surface area (Å²) in [6.45, 7) is 4.00. The molecule has 1 N–H and O–H groups in total. The van der Waals surface area contributed by atoms with Gasteiger partial charge in [-0.3, -0.25) is 10.1 Å². The summed E-state index contributed by atoms with van der Waals surface area (Å²) >= 11 is 2.08. The van der Waals surface area contributed by atoms with Crippen LogP contribution in [-0.2, 0) is 0 Å². The molecule has 2 rings (SSSR count). The first kappa shape index (κ1) is 13.5. The van der Waals surface area contributed by atoms with Gasteiger partial charge in [-0.05, 0) is 60.7 Å². The second-order valence-corrected chi connectivity index (χ2v) is 5.64. The molecule has 0 atom stereocenters. The lowest BCUT2D eigenvalue weighted by molar-refractivity contribution is -0.384. The van der Waals surface area contributed by atoms with Gasteiger partial charge in [0.05, 0.1) is 4.92 Å². The van der Waals surface area contributed by atoms with E-state index in [0.29, 0.717) is 5.69 Å². The van der Waals surface area contributed by atoms with Crippen molar-refractivity contribution in [3.05, 3.63) is 31.9 Å². The Morgan fingerprint density at radius 2 is 2.11 bits per heavy atom. The van der Waals surface area contributed by atoms with Gasteiger partial charge in [-0.2, -0.15) is 0 Å². The number of halogens is 1. The fourth-order valence-electron chi connectivity index (χ4n) is 2.16. The normalized spacial score (nSPS) is 15.8. The van der Waals surface area contributed by atoms with Crippen molar-refractivity contribution < 1.29 is 4.92 Å². The molecule has 0 aliphatic carbocycles. The summed E-state index contributed by atoms with van der Waals surface area (Å²) in [5, 5.41) is 14.1. The largest absolute Gasteiger partial charge is 0.378 e. The van der Waals surface area contributed by atoms with E-state index in [2.05, 4.69) is 32.8 Å². The van der Waals surface area contributed by atoms with E-state index in [-0.39, 0.29) is 10.6 Å². The second kappa shape index (κ2) is 6.33. The summed E-state index contributed by atoms with van der Waals surface area (Å²) in [5.74, 6) is 0. The highest BCUT2D eigenvalue weighted by Gasteiger charge is 2.15. The predicted octanol–water partition coefficient (Wildman–Crippen LogP) is 2.71. The monoisotopic (exact) mass is 361 g/mol. The molecular weight excluding hydrogens is 345 g/mol. The molecule has 18 heavy (non-hydrogen) atoms. The van der Waals surface area contributed by atoms with E-state index in [1.54, 1.807) is 12.1 Å². The average Bonchev–Trinajstić information content (AvgIpc) is 2.84. The lowest BCUT2D eigenvalue weighted by Gasteiger charge is -2.15. The molecule has 6 heteroatoms. The number of rotatable bonds is 5. The highest BCUT2D eigenvalue weighted by molar-refractivity contribution is 14.1. The van der Waals surface area contributed by atoms with Crippen LogP contribution >= 0.6 is 22.6 Å². The van der Waals surface area contributed by atoms with Gasteiger partial charge >= 0.3 is 0 Å². The second-order valence-electron chi connectivity index (χ2n) is 4.39. The fraction of sp³-hybridized carbons (Fsp3) is 0.500. The molecule has 1 aliphatic heterocycles. The van der Waals surface area contributed by atoms with Gasteiger partial charge in [-0.25, -0.2) is 0 Å². The lowest BCUT2D eigenvalue weighted by atomic mass is 10.2. The number of likely N-dealkylation sites (tertiary alicyclic amines) is 1. The van der Waals surface area contributed by atoms with E-state index in [1.807, 2.05) is 6.07 Å². The van der Waals surface area contributed by atoms with Gasteiger partial charge in [-0.15, -0.1) is 0 Å². The molecule has 0 aromatic heterocycles. The first-order valence-electron chi connectivity index (χ1n) is 6.07. The van der Waals surface area contributed by atoms with Gasteiger partial charge in [0, 0.05) is 22.7 Å². The molecule has 1 aromatic carbocycles. The topological polar surface area (TPSA) is 58.4 Å². The van der Waals surface area contributed by atoms with Crippen molar-refractivity contribution >= 4 is 34.0 Å². The number of benzene rings is 1. The molecule has 1 aliphatic rings. The molecule has 1 fully saturated rings. The maximum absolute atomic E-state index is 10.9. The van der Waals surface area contributed by atoms with Gasteiger partial charge in [0.1, 0.15) is 5.69 Å². The van der Waals surface area contributed by atoms with Crippen molar-refractivity contribution in [3.63, 3.8) is 0 Å². The Bertz CT molecular complexity index is 433. The Kier molecular flexibility index (Phi) is 4.76. The number of hydrogen-bond donors (Lipinski definition) is 1. The van der Waals surface area contributed by atoms with Crippen molar-refractivity contribution in [3.8, 4) is 0 Å². The van der Waals surface area contributed by atoms with Crippen LogP contribution in [0.15, 0.2) is 18.2 Å². The number of nitrogens with zero attached hydrogens (tertiary/aromatic N) is 2. The lowest BCUT2D eigenvalue weighted by Crippen LogP contribution is -2.26. The Labute approximate surface area is 120 Å². The van der Waals surface area contributed by atoms with Crippen LogP contribution in [0.4, 0.5) is 11.4 Å². The third-order valence-corrected chi connectivity index (χ3v) is 3.77. The Morgan fingerprint density at radius 1 is 1.39 bits per heavy atom. The zero-order valence-corrected chi connectivity index (χ0v) is 12.2.